The molecule has 26 heavy (non-hydrogen) atoms. The number of furan rings is 1. The Morgan fingerprint density at radius 2 is 1.85 bits per heavy atom. The Hall–Kier alpha value is -3.02. The average Bonchev–Trinajstić information content (AvgIpc) is 3.09. The second-order valence-electron chi connectivity index (χ2n) is 5.98. The summed E-state index contributed by atoms with van der Waals surface area (Å²) in [6, 6.07) is 13.4. The van der Waals surface area contributed by atoms with E-state index in [4.69, 9.17) is 4.42 Å². The van der Waals surface area contributed by atoms with Crippen molar-refractivity contribution >= 4 is 22.8 Å². The third kappa shape index (κ3) is 4.33. The molecule has 2 aromatic heterocycles. The second-order valence-corrected chi connectivity index (χ2v) is 5.98. The van der Waals surface area contributed by atoms with E-state index >= 15 is 0 Å². The van der Waals surface area contributed by atoms with Crippen LogP contribution < -0.4 is 15.5 Å². The lowest BCUT2D eigenvalue weighted by molar-refractivity contribution is 0.239. The first-order valence-corrected chi connectivity index (χ1v) is 8.88. The number of aromatic nitrogens is 1. The predicted octanol–water partition coefficient (Wildman–Crippen LogP) is 3.67. The highest BCUT2D eigenvalue weighted by Gasteiger charge is 2.06. The van der Waals surface area contributed by atoms with E-state index in [0.717, 1.165) is 41.2 Å². The highest BCUT2D eigenvalue weighted by molar-refractivity contribution is 5.78. The fraction of sp³-hybridized carbons (Fsp3) is 0.300. The minimum atomic E-state index is -0.238. The van der Waals surface area contributed by atoms with Crippen LogP contribution in [0.25, 0.3) is 11.0 Å². The molecule has 136 valence electrons. The van der Waals surface area contributed by atoms with E-state index in [1.165, 1.54) is 0 Å². The van der Waals surface area contributed by atoms with Crippen LogP contribution in [-0.4, -0.2) is 24.1 Å². The molecule has 0 aliphatic heterocycles. The van der Waals surface area contributed by atoms with Crippen molar-refractivity contribution in [1.29, 1.82) is 0 Å². The lowest BCUT2D eigenvalue weighted by atomic mass is 10.2. The van der Waals surface area contributed by atoms with Gasteiger partial charge in [0, 0.05) is 31.2 Å². The first kappa shape index (κ1) is 17.8. The number of hydrogen-bond acceptors (Lipinski definition) is 4. The van der Waals surface area contributed by atoms with Crippen molar-refractivity contribution < 1.29 is 9.21 Å². The maximum Gasteiger partial charge on any atom is 0.315 e. The number of rotatable bonds is 7. The summed E-state index contributed by atoms with van der Waals surface area (Å²) >= 11 is 0. The summed E-state index contributed by atoms with van der Waals surface area (Å²) < 4.78 is 5.68. The van der Waals surface area contributed by atoms with Crippen LogP contribution in [0.5, 0.6) is 0 Å². The van der Waals surface area contributed by atoms with Gasteiger partial charge in [-0.15, -0.1) is 0 Å². The number of amides is 2. The lowest BCUT2D eigenvalue weighted by Gasteiger charge is -2.19. The zero-order valence-corrected chi connectivity index (χ0v) is 15.2. The molecule has 6 heteroatoms. The number of para-hydroxylation sites is 1. The first-order chi connectivity index (χ1) is 12.7. The van der Waals surface area contributed by atoms with Gasteiger partial charge in [-0.05, 0) is 37.6 Å². The van der Waals surface area contributed by atoms with E-state index in [1.807, 2.05) is 42.5 Å². The number of nitrogens with one attached hydrogen (secondary N) is 2. The Labute approximate surface area is 153 Å². The van der Waals surface area contributed by atoms with E-state index in [1.54, 1.807) is 6.20 Å². The molecule has 0 bridgehead atoms. The molecule has 1 aromatic carbocycles. The minimum Gasteiger partial charge on any atom is -0.459 e. The molecule has 0 fully saturated rings. The van der Waals surface area contributed by atoms with Crippen molar-refractivity contribution in [2.45, 2.75) is 26.9 Å². The van der Waals surface area contributed by atoms with Gasteiger partial charge in [-0.2, -0.15) is 0 Å². The van der Waals surface area contributed by atoms with Gasteiger partial charge in [-0.25, -0.2) is 9.78 Å². The van der Waals surface area contributed by atoms with Gasteiger partial charge in [-0.3, -0.25) is 0 Å². The normalized spacial score (nSPS) is 10.7. The lowest BCUT2D eigenvalue weighted by Crippen LogP contribution is -2.34. The van der Waals surface area contributed by atoms with Gasteiger partial charge in [-0.1, -0.05) is 24.3 Å². The van der Waals surface area contributed by atoms with E-state index in [0.29, 0.717) is 13.1 Å². The number of carbonyl (C=O) groups excluding carboxylic acids is 1. The molecule has 0 saturated heterocycles. The Morgan fingerprint density at radius 3 is 2.54 bits per heavy atom. The maximum atomic E-state index is 12.0. The van der Waals surface area contributed by atoms with Crippen molar-refractivity contribution in [3.05, 3.63) is 60.0 Å². The molecule has 0 atom stereocenters. The monoisotopic (exact) mass is 352 g/mol. The summed E-state index contributed by atoms with van der Waals surface area (Å²) in [5.41, 5.74) is 1.78. The highest BCUT2D eigenvalue weighted by atomic mass is 16.3. The summed E-state index contributed by atoms with van der Waals surface area (Å²) in [6.45, 7) is 6.83. The summed E-state index contributed by atoms with van der Waals surface area (Å²) in [6.07, 6.45) is 1.80. The Kier molecular flexibility index (Phi) is 5.73. The third-order valence-electron chi connectivity index (χ3n) is 4.25. The average molecular weight is 352 g/mol. The summed E-state index contributed by atoms with van der Waals surface area (Å²) in [5, 5.41) is 6.67. The van der Waals surface area contributed by atoms with Crippen molar-refractivity contribution in [3.8, 4) is 0 Å². The number of anilines is 1. The number of nitrogens with zero attached hydrogens (tertiary/aromatic N) is 2. The van der Waals surface area contributed by atoms with Crippen LogP contribution in [-0.2, 0) is 13.1 Å². The fourth-order valence-corrected chi connectivity index (χ4v) is 2.79. The van der Waals surface area contributed by atoms with Crippen molar-refractivity contribution in [1.82, 2.24) is 15.6 Å². The van der Waals surface area contributed by atoms with Gasteiger partial charge in [0.05, 0.1) is 6.54 Å². The molecule has 2 N–H and O–H groups in total. The topological polar surface area (TPSA) is 70.4 Å². The predicted molar refractivity (Wildman–Crippen MR) is 103 cm³/mol. The van der Waals surface area contributed by atoms with Crippen LogP contribution in [0.2, 0.25) is 0 Å². The van der Waals surface area contributed by atoms with Crippen LogP contribution in [0.3, 0.4) is 0 Å². The molecule has 0 spiro atoms. The zero-order chi connectivity index (χ0) is 18.4. The van der Waals surface area contributed by atoms with Crippen LogP contribution in [0, 0.1) is 0 Å². The van der Waals surface area contributed by atoms with E-state index < -0.39 is 0 Å². The number of urea groups is 1. The minimum absolute atomic E-state index is 0.238. The Morgan fingerprint density at radius 1 is 1.08 bits per heavy atom. The van der Waals surface area contributed by atoms with Crippen LogP contribution >= 0.6 is 0 Å². The van der Waals surface area contributed by atoms with Crippen LogP contribution in [0.1, 0.15) is 25.2 Å². The standard InChI is InChI=1S/C20H24N4O2/c1-3-24(4-2)19-10-9-15(12-21-19)13-22-20(25)23-14-17-11-16-7-5-6-8-18(16)26-17/h5-12H,3-4,13-14H2,1-2H3,(H2,22,23,25). The molecular weight excluding hydrogens is 328 g/mol. The molecule has 2 amide bonds. The number of fused-ring (bicyclic) bond motifs is 1. The van der Waals surface area contributed by atoms with E-state index in [9.17, 15) is 4.79 Å². The van der Waals surface area contributed by atoms with Gasteiger partial charge in [0.15, 0.2) is 0 Å². The second kappa shape index (κ2) is 8.38. The molecule has 2 heterocycles. The quantitative estimate of drug-likeness (QED) is 0.681. The molecular formula is C20H24N4O2. The van der Waals surface area contributed by atoms with Gasteiger partial charge in [0.25, 0.3) is 0 Å². The highest BCUT2D eigenvalue weighted by Crippen LogP contribution is 2.18. The van der Waals surface area contributed by atoms with Gasteiger partial charge < -0.3 is 20.0 Å². The third-order valence-corrected chi connectivity index (χ3v) is 4.25. The summed E-state index contributed by atoms with van der Waals surface area (Å²) in [5.74, 6) is 1.68. The Bertz CT molecular complexity index is 821. The molecule has 0 aliphatic carbocycles. The Balaban J connectivity index is 1.47. The SMILES string of the molecule is CCN(CC)c1ccc(CNC(=O)NCc2cc3ccccc3o2)cn1. The largest absolute Gasteiger partial charge is 0.459 e. The molecule has 3 rings (SSSR count). The van der Waals surface area contributed by atoms with E-state index in [2.05, 4.69) is 34.4 Å². The van der Waals surface area contributed by atoms with Crippen LogP contribution in [0.15, 0.2) is 53.1 Å². The number of pyridine rings is 1. The zero-order valence-electron chi connectivity index (χ0n) is 15.2. The van der Waals surface area contributed by atoms with Gasteiger partial charge >= 0.3 is 6.03 Å². The van der Waals surface area contributed by atoms with Crippen molar-refractivity contribution in [2.75, 3.05) is 18.0 Å². The first-order valence-electron chi connectivity index (χ1n) is 8.88. The summed E-state index contributed by atoms with van der Waals surface area (Å²) in [4.78, 5) is 18.6. The molecule has 0 saturated carbocycles. The smallest absolute Gasteiger partial charge is 0.315 e. The summed E-state index contributed by atoms with van der Waals surface area (Å²) in [7, 11) is 0. The van der Waals surface area contributed by atoms with Crippen LogP contribution in [0.4, 0.5) is 10.6 Å². The van der Waals surface area contributed by atoms with Crippen molar-refractivity contribution in [2.24, 2.45) is 0 Å². The molecule has 6 nitrogen and oxygen atoms in total. The van der Waals surface area contributed by atoms with Gasteiger partial charge in [0.2, 0.25) is 0 Å². The van der Waals surface area contributed by atoms with Crippen molar-refractivity contribution in [3.63, 3.8) is 0 Å². The van der Waals surface area contributed by atoms with Gasteiger partial charge in [0.1, 0.15) is 17.2 Å². The maximum absolute atomic E-state index is 12.0. The fourth-order valence-electron chi connectivity index (χ4n) is 2.79. The molecule has 0 radical (unpaired) electrons. The molecule has 0 unspecified atom stereocenters. The number of carbonyl (C=O) groups is 1. The molecule has 3 aromatic rings. The van der Waals surface area contributed by atoms with E-state index in [-0.39, 0.29) is 6.03 Å². The molecule has 0 aliphatic rings. The number of benzene rings is 1. The number of hydrogen-bond donors (Lipinski definition) is 2.